The molecule has 0 spiro atoms. The first-order chi connectivity index (χ1) is 13.7. The standard InChI is InChI=1S/C17H13F5N4O3/c18-16(19)29-10-1-2-25(7-10)15(27)12-4-24-14-11(13-5-23-8-28-13)3-9(6-26(12)14)17(20,21)22/h3-6,8,10,16H,1-2,7H2/t10-/m1/s1. The van der Waals surface area contributed by atoms with Gasteiger partial charge in [-0.25, -0.2) is 9.97 Å². The number of hydrogen-bond acceptors (Lipinski definition) is 5. The lowest BCUT2D eigenvalue weighted by Gasteiger charge is -2.17. The number of carbonyl (C=O) groups excluding carboxylic acids is 1. The molecule has 1 saturated heterocycles. The predicted octanol–water partition coefficient (Wildman–Crippen LogP) is 3.46. The molecule has 1 fully saturated rings. The van der Waals surface area contributed by atoms with Crippen LogP contribution in [0, 0.1) is 0 Å². The number of rotatable bonds is 4. The molecule has 1 aliphatic heterocycles. The quantitative estimate of drug-likeness (QED) is 0.609. The Hall–Kier alpha value is -3.02. The molecule has 1 aliphatic rings. The smallest absolute Gasteiger partial charge is 0.417 e. The molecule has 1 atom stereocenters. The van der Waals surface area contributed by atoms with Gasteiger partial charge in [0.15, 0.2) is 12.2 Å². The molecule has 0 radical (unpaired) electrons. The van der Waals surface area contributed by atoms with E-state index < -0.39 is 30.4 Å². The number of fused-ring (bicyclic) bond motifs is 1. The number of pyridine rings is 1. The average molecular weight is 416 g/mol. The first kappa shape index (κ1) is 19.3. The number of hydrogen-bond donors (Lipinski definition) is 0. The summed E-state index contributed by atoms with van der Waals surface area (Å²) in [6.45, 7) is -2.92. The third-order valence-corrected chi connectivity index (χ3v) is 4.58. The molecule has 0 aromatic carbocycles. The maximum absolute atomic E-state index is 13.4. The van der Waals surface area contributed by atoms with Crippen LogP contribution in [0.1, 0.15) is 22.5 Å². The lowest BCUT2D eigenvalue weighted by atomic mass is 10.1. The monoisotopic (exact) mass is 416 g/mol. The SMILES string of the molecule is O=C(c1cnc2c(-c3cnco3)cc(C(F)(F)F)cn12)N1CC[C@@H](OC(F)F)C1. The molecule has 7 nitrogen and oxygen atoms in total. The summed E-state index contributed by atoms with van der Waals surface area (Å²) in [4.78, 5) is 21.8. The van der Waals surface area contributed by atoms with Crippen molar-refractivity contribution in [3.05, 3.63) is 42.3 Å². The number of aromatic nitrogens is 3. The zero-order valence-electron chi connectivity index (χ0n) is 14.6. The molecule has 154 valence electrons. The third kappa shape index (κ3) is 3.67. The Kier molecular flexibility index (Phi) is 4.73. The summed E-state index contributed by atoms with van der Waals surface area (Å²) in [6, 6.07) is 0.861. The van der Waals surface area contributed by atoms with Crippen molar-refractivity contribution >= 4 is 11.6 Å². The maximum atomic E-state index is 13.4. The fraction of sp³-hybridized carbons (Fsp3) is 0.353. The highest BCUT2D eigenvalue weighted by atomic mass is 19.4. The largest absolute Gasteiger partial charge is 0.443 e. The Morgan fingerprint density at radius 2 is 2.10 bits per heavy atom. The van der Waals surface area contributed by atoms with Crippen molar-refractivity contribution in [2.45, 2.75) is 25.3 Å². The van der Waals surface area contributed by atoms with Gasteiger partial charge in [0.25, 0.3) is 5.91 Å². The van der Waals surface area contributed by atoms with Crippen LogP contribution in [0.25, 0.3) is 17.0 Å². The van der Waals surface area contributed by atoms with Crippen molar-refractivity contribution in [3.8, 4) is 11.3 Å². The van der Waals surface area contributed by atoms with Gasteiger partial charge in [0.1, 0.15) is 11.3 Å². The Balaban J connectivity index is 1.74. The van der Waals surface area contributed by atoms with Gasteiger partial charge in [-0.05, 0) is 12.5 Å². The molecular weight excluding hydrogens is 403 g/mol. The van der Waals surface area contributed by atoms with Gasteiger partial charge in [0, 0.05) is 19.3 Å². The summed E-state index contributed by atoms with van der Waals surface area (Å²) >= 11 is 0. The molecule has 3 aromatic heterocycles. The van der Waals surface area contributed by atoms with Crippen LogP contribution >= 0.6 is 0 Å². The normalized spacial score (nSPS) is 17.6. The maximum Gasteiger partial charge on any atom is 0.417 e. The lowest BCUT2D eigenvalue weighted by Crippen LogP contribution is -2.31. The minimum Gasteiger partial charge on any atom is -0.443 e. The van der Waals surface area contributed by atoms with Gasteiger partial charge in [-0.2, -0.15) is 22.0 Å². The molecule has 0 unspecified atom stereocenters. The molecular formula is C17H13F5N4O3. The van der Waals surface area contributed by atoms with Gasteiger partial charge in [-0.1, -0.05) is 0 Å². The van der Waals surface area contributed by atoms with Gasteiger partial charge >= 0.3 is 12.8 Å². The van der Waals surface area contributed by atoms with E-state index in [1.54, 1.807) is 0 Å². The number of ether oxygens (including phenoxy) is 1. The molecule has 12 heteroatoms. The van der Waals surface area contributed by atoms with E-state index >= 15 is 0 Å². The predicted molar refractivity (Wildman–Crippen MR) is 87.1 cm³/mol. The lowest BCUT2D eigenvalue weighted by molar-refractivity contribution is -0.158. The van der Waals surface area contributed by atoms with Gasteiger partial charge in [-0.3, -0.25) is 9.20 Å². The highest BCUT2D eigenvalue weighted by molar-refractivity contribution is 5.94. The van der Waals surface area contributed by atoms with Gasteiger partial charge in [0.2, 0.25) is 0 Å². The van der Waals surface area contributed by atoms with Crippen LogP contribution in [0.2, 0.25) is 0 Å². The van der Waals surface area contributed by atoms with Crippen LogP contribution in [0.3, 0.4) is 0 Å². The summed E-state index contributed by atoms with van der Waals surface area (Å²) in [5.74, 6) is -0.585. The third-order valence-electron chi connectivity index (χ3n) is 4.58. The summed E-state index contributed by atoms with van der Waals surface area (Å²) in [5, 5.41) is 0. The highest BCUT2D eigenvalue weighted by Gasteiger charge is 2.35. The molecule has 4 rings (SSSR count). The molecule has 0 N–H and O–H groups in total. The van der Waals surface area contributed by atoms with E-state index in [4.69, 9.17) is 4.42 Å². The first-order valence-electron chi connectivity index (χ1n) is 8.44. The summed E-state index contributed by atoms with van der Waals surface area (Å²) in [7, 11) is 0. The number of alkyl halides is 5. The topological polar surface area (TPSA) is 72.9 Å². The van der Waals surface area contributed by atoms with Crippen molar-refractivity contribution in [2.24, 2.45) is 0 Å². The molecule has 0 bridgehead atoms. The van der Waals surface area contributed by atoms with E-state index in [9.17, 15) is 26.7 Å². The number of likely N-dealkylation sites (tertiary alicyclic amines) is 1. The van der Waals surface area contributed by atoms with Crippen LogP contribution in [0.5, 0.6) is 0 Å². The van der Waals surface area contributed by atoms with E-state index in [2.05, 4.69) is 14.7 Å². The molecule has 4 heterocycles. The zero-order valence-corrected chi connectivity index (χ0v) is 14.6. The zero-order chi connectivity index (χ0) is 20.8. The van der Waals surface area contributed by atoms with Crippen molar-refractivity contribution in [1.29, 1.82) is 0 Å². The van der Waals surface area contributed by atoms with Crippen molar-refractivity contribution in [1.82, 2.24) is 19.3 Å². The van der Waals surface area contributed by atoms with Gasteiger partial charge < -0.3 is 14.1 Å². The van der Waals surface area contributed by atoms with Crippen LogP contribution < -0.4 is 0 Å². The molecule has 0 saturated carbocycles. The second-order valence-electron chi connectivity index (χ2n) is 6.40. The summed E-state index contributed by atoms with van der Waals surface area (Å²) < 4.78 is 75.4. The molecule has 29 heavy (non-hydrogen) atoms. The number of imidazole rings is 1. The van der Waals surface area contributed by atoms with Crippen LogP contribution in [-0.4, -0.2) is 51.0 Å². The van der Waals surface area contributed by atoms with E-state index in [-0.39, 0.29) is 42.2 Å². The molecule has 0 aliphatic carbocycles. The Bertz CT molecular complexity index is 1030. The van der Waals surface area contributed by atoms with Crippen LogP contribution in [0.15, 0.2) is 35.5 Å². The van der Waals surface area contributed by atoms with Crippen molar-refractivity contribution in [2.75, 3.05) is 13.1 Å². The highest BCUT2D eigenvalue weighted by Crippen LogP contribution is 2.34. The van der Waals surface area contributed by atoms with Crippen molar-refractivity contribution < 1.29 is 35.9 Å². The van der Waals surface area contributed by atoms with Crippen molar-refractivity contribution in [3.63, 3.8) is 0 Å². The fourth-order valence-electron chi connectivity index (χ4n) is 3.26. The average Bonchev–Trinajstić information content (AvgIpc) is 3.39. The van der Waals surface area contributed by atoms with Crippen LogP contribution in [0.4, 0.5) is 22.0 Å². The number of amides is 1. The number of carbonyl (C=O) groups is 1. The number of nitrogens with zero attached hydrogens (tertiary/aromatic N) is 4. The molecule has 3 aromatic rings. The number of halogens is 5. The minimum absolute atomic E-state index is 0.0108. The van der Waals surface area contributed by atoms with E-state index in [0.29, 0.717) is 0 Å². The van der Waals surface area contributed by atoms with E-state index in [0.717, 1.165) is 29.3 Å². The fourth-order valence-corrected chi connectivity index (χ4v) is 3.26. The Morgan fingerprint density at radius 1 is 1.31 bits per heavy atom. The van der Waals surface area contributed by atoms with Crippen LogP contribution in [-0.2, 0) is 10.9 Å². The second-order valence-corrected chi connectivity index (χ2v) is 6.40. The number of oxazole rings is 1. The van der Waals surface area contributed by atoms with Gasteiger partial charge in [0.05, 0.1) is 29.6 Å². The Labute approximate surface area is 159 Å². The summed E-state index contributed by atoms with van der Waals surface area (Å²) in [6.07, 6.45) is -1.13. The van der Waals surface area contributed by atoms with Gasteiger partial charge in [-0.15, -0.1) is 0 Å². The van der Waals surface area contributed by atoms with E-state index in [1.165, 1.54) is 11.1 Å². The van der Waals surface area contributed by atoms with E-state index in [1.807, 2.05) is 0 Å². The second kappa shape index (κ2) is 7.10. The first-order valence-corrected chi connectivity index (χ1v) is 8.44. The molecule has 1 amide bonds. The minimum atomic E-state index is -4.68. The Morgan fingerprint density at radius 3 is 2.76 bits per heavy atom. The summed E-state index contributed by atoms with van der Waals surface area (Å²) in [5.41, 5.74) is -1.07.